The predicted octanol–water partition coefficient (Wildman–Crippen LogP) is 6.67. The van der Waals surface area contributed by atoms with Crippen LogP contribution in [0.5, 0.6) is 5.75 Å². The first-order chi connectivity index (χ1) is 17.4. The van der Waals surface area contributed by atoms with Crippen LogP contribution in [-0.2, 0) is 11.4 Å². The molecule has 1 amide bonds. The molecule has 4 rings (SSSR count). The average molecular weight is 480 g/mol. The topological polar surface area (TPSA) is 67.0 Å². The molecule has 0 atom stereocenters. The maximum Gasteiger partial charge on any atom is 0.266 e. The van der Waals surface area contributed by atoms with E-state index >= 15 is 0 Å². The summed E-state index contributed by atoms with van der Waals surface area (Å²) in [5, 5.41) is 12.4. The van der Waals surface area contributed by atoms with Gasteiger partial charge in [-0.3, -0.25) is 4.79 Å². The third-order valence-electron chi connectivity index (χ3n) is 5.86. The van der Waals surface area contributed by atoms with Crippen molar-refractivity contribution >= 4 is 17.7 Å². The van der Waals surface area contributed by atoms with E-state index in [4.69, 9.17) is 4.74 Å². The van der Waals surface area contributed by atoms with Crippen molar-refractivity contribution in [3.63, 3.8) is 0 Å². The molecule has 6 heteroatoms. The Labute approximate surface area is 210 Å². The Balaban J connectivity index is 1.52. The van der Waals surface area contributed by atoms with Gasteiger partial charge in [0.05, 0.1) is 0 Å². The van der Waals surface area contributed by atoms with Crippen molar-refractivity contribution in [2.24, 2.45) is 0 Å². The molecule has 0 aliphatic rings. The van der Waals surface area contributed by atoms with Crippen molar-refractivity contribution in [3.05, 3.63) is 118 Å². The van der Waals surface area contributed by atoms with Crippen LogP contribution in [0.4, 0.5) is 10.1 Å². The van der Waals surface area contributed by atoms with E-state index in [0.717, 1.165) is 28.2 Å². The van der Waals surface area contributed by atoms with Crippen molar-refractivity contribution in [1.82, 2.24) is 4.57 Å². The van der Waals surface area contributed by atoms with Gasteiger partial charge in [0, 0.05) is 28.3 Å². The minimum Gasteiger partial charge on any atom is -0.489 e. The molecular formula is C30H26FN3O2. The smallest absolute Gasteiger partial charge is 0.266 e. The van der Waals surface area contributed by atoms with Crippen molar-refractivity contribution in [3.8, 4) is 17.5 Å². The zero-order valence-corrected chi connectivity index (χ0v) is 20.4. The number of hydrogen-bond donors (Lipinski definition) is 1. The summed E-state index contributed by atoms with van der Waals surface area (Å²) in [6.45, 7) is 5.98. The zero-order chi connectivity index (χ0) is 25.7. The van der Waals surface area contributed by atoms with Crippen LogP contribution in [0.15, 0.2) is 84.4 Å². The third kappa shape index (κ3) is 5.53. The average Bonchev–Trinajstić information content (AvgIpc) is 3.14. The molecule has 1 aromatic heterocycles. The highest BCUT2D eigenvalue weighted by molar-refractivity contribution is 6.09. The van der Waals surface area contributed by atoms with Gasteiger partial charge in [-0.2, -0.15) is 5.26 Å². The zero-order valence-electron chi connectivity index (χ0n) is 20.4. The number of ether oxygens (including phenoxy) is 1. The maximum absolute atomic E-state index is 13.8. The van der Waals surface area contributed by atoms with Gasteiger partial charge in [-0.05, 0) is 86.5 Å². The SMILES string of the molecule is Cc1cccc(NC(=O)/C(C#N)=C\c2cc(C)n(-c3ccc(OCc4ccccc4F)cc3)c2C)c1. The van der Waals surface area contributed by atoms with E-state index in [9.17, 15) is 14.4 Å². The largest absolute Gasteiger partial charge is 0.489 e. The Morgan fingerprint density at radius 3 is 2.47 bits per heavy atom. The lowest BCUT2D eigenvalue weighted by molar-refractivity contribution is -0.112. The summed E-state index contributed by atoms with van der Waals surface area (Å²) in [7, 11) is 0. The van der Waals surface area contributed by atoms with E-state index in [2.05, 4.69) is 5.32 Å². The quantitative estimate of drug-likeness (QED) is 0.238. The molecule has 36 heavy (non-hydrogen) atoms. The maximum atomic E-state index is 13.8. The lowest BCUT2D eigenvalue weighted by Crippen LogP contribution is -2.13. The molecule has 0 bridgehead atoms. The second kappa shape index (κ2) is 10.7. The number of rotatable bonds is 7. The van der Waals surface area contributed by atoms with Crippen LogP contribution in [0, 0.1) is 37.9 Å². The highest BCUT2D eigenvalue weighted by Crippen LogP contribution is 2.25. The molecule has 4 aromatic rings. The van der Waals surface area contributed by atoms with Gasteiger partial charge in [0.2, 0.25) is 0 Å². The number of nitrogens with one attached hydrogen (secondary N) is 1. The third-order valence-corrected chi connectivity index (χ3v) is 5.86. The van der Waals surface area contributed by atoms with E-state index in [1.807, 2.05) is 79.9 Å². The van der Waals surface area contributed by atoms with Crippen LogP contribution < -0.4 is 10.1 Å². The summed E-state index contributed by atoms with van der Waals surface area (Å²) < 4.78 is 21.6. The summed E-state index contributed by atoms with van der Waals surface area (Å²) in [6.07, 6.45) is 1.61. The minimum atomic E-state index is -0.454. The first kappa shape index (κ1) is 24.5. The number of amides is 1. The van der Waals surface area contributed by atoms with Crippen LogP contribution >= 0.6 is 0 Å². The number of carbonyl (C=O) groups is 1. The van der Waals surface area contributed by atoms with Crippen molar-refractivity contribution in [1.29, 1.82) is 5.26 Å². The Kier molecular flexibility index (Phi) is 7.31. The molecular weight excluding hydrogens is 453 g/mol. The monoisotopic (exact) mass is 479 g/mol. The Hall–Kier alpha value is -4.63. The summed E-state index contributed by atoms with van der Waals surface area (Å²) in [5.74, 6) is -0.119. The molecule has 0 radical (unpaired) electrons. The van der Waals surface area contributed by atoms with Gasteiger partial charge >= 0.3 is 0 Å². The molecule has 0 spiro atoms. The van der Waals surface area contributed by atoms with E-state index < -0.39 is 5.91 Å². The van der Waals surface area contributed by atoms with Crippen LogP contribution in [-0.4, -0.2) is 10.5 Å². The van der Waals surface area contributed by atoms with Crippen LogP contribution in [0.25, 0.3) is 11.8 Å². The lowest BCUT2D eigenvalue weighted by Gasteiger charge is -2.12. The first-order valence-corrected chi connectivity index (χ1v) is 11.5. The fraction of sp³-hybridized carbons (Fsp3) is 0.133. The molecule has 1 N–H and O–H groups in total. The van der Waals surface area contributed by atoms with Gasteiger partial charge in [-0.25, -0.2) is 4.39 Å². The number of benzene rings is 3. The van der Waals surface area contributed by atoms with Crippen molar-refractivity contribution < 1.29 is 13.9 Å². The molecule has 180 valence electrons. The van der Waals surface area contributed by atoms with Gasteiger partial charge < -0.3 is 14.6 Å². The second-order valence-electron chi connectivity index (χ2n) is 8.53. The van der Waals surface area contributed by atoms with Crippen LogP contribution in [0.1, 0.15) is 28.1 Å². The van der Waals surface area contributed by atoms with E-state index in [-0.39, 0.29) is 18.0 Å². The molecule has 0 aliphatic heterocycles. The van der Waals surface area contributed by atoms with E-state index in [1.54, 1.807) is 30.3 Å². The van der Waals surface area contributed by atoms with E-state index in [1.165, 1.54) is 6.07 Å². The highest BCUT2D eigenvalue weighted by atomic mass is 19.1. The number of aryl methyl sites for hydroxylation is 2. The highest BCUT2D eigenvalue weighted by Gasteiger charge is 2.14. The van der Waals surface area contributed by atoms with Crippen LogP contribution in [0.2, 0.25) is 0 Å². The fourth-order valence-electron chi connectivity index (χ4n) is 4.02. The van der Waals surface area contributed by atoms with E-state index in [0.29, 0.717) is 17.0 Å². The van der Waals surface area contributed by atoms with Crippen molar-refractivity contribution in [2.75, 3.05) is 5.32 Å². The molecule has 3 aromatic carbocycles. The summed E-state index contributed by atoms with van der Waals surface area (Å²) in [5.41, 5.74) is 5.71. The summed E-state index contributed by atoms with van der Waals surface area (Å²) in [4.78, 5) is 12.7. The molecule has 0 fully saturated rings. The number of nitrogens with zero attached hydrogens (tertiary/aromatic N) is 2. The van der Waals surface area contributed by atoms with Crippen molar-refractivity contribution in [2.45, 2.75) is 27.4 Å². The Morgan fingerprint density at radius 1 is 1.03 bits per heavy atom. The standard InChI is InChI=1S/C30H26FN3O2/c1-20-7-6-9-26(15-20)33-30(35)25(18-32)17-24-16-21(2)34(22(24)3)27-11-13-28(14-12-27)36-19-23-8-4-5-10-29(23)31/h4-17H,19H2,1-3H3,(H,33,35)/b25-17-. The normalized spacial score (nSPS) is 11.1. The number of hydrogen-bond acceptors (Lipinski definition) is 3. The fourth-order valence-corrected chi connectivity index (χ4v) is 4.02. The number of nitriles is 1. The molecule has 0 saturated carbocycles. The summed E-state index contributed by atoms with van der Waals surface area (Å²) >= 11 is 0. The lowest BCUT2D eigenvalue weighted by atomic mass is 10.1. The number of carbonyl (C=O) groups excluding carboxylic acids is 1. The second-order valence-corrected chi connectivity index (χ2v) is 8.53. The van der Waals surface area contributed by atoms with Gasteiger partial charge in [-0.15, -0.1) is 0 Å². The Morgan fingerprint density at radius 2 is 1.78 bits per heavy atom. The molecule has 5 nitrogen and oxygen atoms in total. The minimum absolute atomic E-state index is 0.0219. The molecule has 0 unspecified atom stereocenters. The molecule has 1 heterocycles. The Bertz CT molecular complexity index is 1480. The van der Waals surface area contributed by atoms with Gasteiger partial charge in [0.25, 0.3) is 5.91 Å². The molecule has 0 aliphatic carbocycles. The number of aromatic nitrogens is 1. The molecule has 0 saturated heterocycles. The van der Waals surface area contributed by atoms with Gasteiger partial charge in [0.1, 0.15) is 29.8 Å². The summed E-state index contributed by atoms with van der Waals surface area (Å²) in [6, 6.07) is 25.4. The first-order valence-electron chi connectivity index (χ1n) is 11.5. The van der Waals surface area contributed by atoms with Gasteiger partial charge in [-0.1, -0.05) is 30.3 Å². The predicted molar refractivity (Wildman–Crippen MR) is 139 cm³/mol. The number of anilines is 1. The van der Waals surface area contributed by atoms with Gasteiger partial charge in [0.15, 0.2) is 0 Å². The van der Waals surface area contributed by atoms with Crippen LogP contribution in [0.3, 0.4) is 0 Å². The number of halogens is 1.